The molecule has 3 nitrogen and oxygen atoms in total. The summed E-state index contributed by atoms with van der Waals surface area (Å²) in [7, 11) is 0. The van der Waals surface area contributed by atoms with Gasteiger partial charge in [0.1, 0.15) is 12.2 Å². The lowest BCUT2D eigenvalue weighted by molar-refractivity contribution is -0.142. The molecule has 1 aliphatic rings. The molecule has 2 rings (SSSR count). The Morgan fingerprint density at radius 1 is 1.28 bits per heavy atom. The van der Waals surface area contributed by atoms with Crippen molar-refractivity contribution in [2.45, 2.75) is 38.4 Å². The van der Waals surface area contributed by atoms with Gasteiger partial charge in [0.2, 0.25) is 0 Å². The maximum Gasteiger partial charge on any atom is 0.164 e. The van der Waals surface area contributed by atoms with Gasteiger partial charge in [-0.25, -0.2) is 0 Å². The highest BCUT2D eigenvalue weighted by molar-refractivity contribution is 5.14. The van der Waals surface area contributed by atoms with Gasteiger partial charge in [0.15, 0.2) is 5.79 Å². The van der Waals surface area contributed by atoms with E-state index in [0.717, 1.165) is 13.1 Å². The van der Waals surface area contributed by atoms with E-state index in [1.165, 1.54) is 5.56 Å². The number of ether oxygens (including phenoxy) is 2. The molecule has 1 aromatic carbocycles. The minimum Gasteiger partial charge on any atom is -0.343 e. The summed E-state index contributed by atoms with van der Waals surface area (Å²) in [5.41, 5.74) is 1.27. The molecule has 0 amide bonds. The molecule has 1 aromatic rings. The third kappa shape index (κ3) is 3.42. The monoisotopic (exact) mass is 247 g/mol. The van der Waals surface area contributed by atoms with Crippen molar-refractivity contribution in [1.82, 2.24) is 5.32 Å². The van der Waals surface area contributed by atoms with Gasteiger partial charge in [0, 0.05) is 13.1 Å². The zero-order chi connectivity index (χ0) is 13.0. The van der Waals surface area contributed by atoms with Gasteiger partial charge in [-0.2, -0.15) is 0 Å². The molecule has 3 heteroatoms. The highest BCUT2D eigenvalue weighted by Crippen LogP contribution is 2.28. The third-order valence-electron chi connectivity index (χ3n) is 2.97. The highest BCUT2D eigenvalue weighted by atomic mass is 16.7. The molecule has 18 heavy (non-hydrogen) atoms. The Hall–Kier alpha value is -1.16. The predicted molar refractivity (Wildman–Crippen MR) is 72.2 cm³/mol. The summed E-state index contributed by atoms with van der Waals surface area (Å²) < 4.78 is 11.6. The van der Waals surface area contributed by atoms with Crippen LogP contribution in [0.25, 0.3) is 0 Å². The average Bonchev–Trinajstić information content (AvgIpc) is 2.65. The predicted octanol–water partition coefficient (Wildman–Crippen LogP) is 2.48. The van der Waals surface area contributed by atoms with Crippen LogP contribution < -0.4 is 5.32 Å². The first-order valence-electron chi connectivity index (χ1n) is 6.33. The number of hydrogen-bond acceptors (Lipinski definition) is 3. The number of benzene rings is 1. The van der Waals surface area contributed by atoms with Crippen LogP contribution in [0.4, 0.5) is 0 Å². The molecular weight excluding hydrogens is 226 g/mol. The second kappa shape index (κ2) is 5.65. The Morgan fingerprint density at radius 3 is 2.67 bits per heavy atom. The lowest BCUT2D eigenvalue weighted by atomic mass is 10.2. The molecule has 0 bridgehead atoms. The fourth-order valence-electron chi connectivity index (χ4n) is 2.18. The first-order chi connectivity index (χ1) is 8.61. The molecule has 98 valence electrons. The normalized spacial score (nSPS) is 26.1. The van der Waals surface area contributed by atoms with Crippen molar-refractivity contribution >= 4 is 0 Å². The van der Waals surface area contributed by atoms with Gasteiger partial charge in [-0.1, -0.05) is 36.4 Å². The minimum absolute atomic E-state index is 0.0289. The molecule has 1 aliphatic heterocycles. The fourth-order valence-corrected chi connectivity index (χ4v) is 2.18. The van der Waals surface area contributed by atoms with Gasteiger partial charge >= 0.3 is 0 Å². The zero-order valence-corrected chi connectivity index (χ0v) is 11.1. The van der Waals surface area contributed by atoms with Gasteiger partial charge in [-0.05, 0) is 19.4 Å². The van der Waals surface area contributed by atoms with Crippen molar-refractivity contribution in [3.8, 4) is 0 Å². The minimum atomic E-state index is -0.516. The molecule has 0 saturated carbocycles. The SMILES string of the molecule is C=C[C@H]1OC(C)(C)O[C@H]1CNCc1ccccc1. The number of hydrogen-bond donors (Lipinski definition) is 1. The van der Waals surface area contributed by atoms with Gasteiger partial charge < -0.3 is 14.8 Å². The second-order valence-corrected chi connectivity index (χ2v) is 4.99. The molecule has 1 saturated heterocycles. The fraction of sp³-hybridized carbons (Fsp3) is 0.467. The Kier molecular flexibility index (Phi) is 4.17. The molecule has 0 spiro atoms. The molecule has 1 N–H and O–H groups in total. The van der Waals surface area contributed by atoms with E-state index in [1.807, 2.05) is 38.1 Å². The Morgan fingerprint density at radius 2 is 2.00 bits per heavy atom. The standard InChI is InChI=1S/C15H21NO2/c1-4-13-14(18-15(2,3)17-13)11-16-10-12-8-6-5-7-9-12/h4-9,13-14,16H,1,10-11H2,2-3H3/t13-,14+/m1/s1. The van der Waals surface area contributed by atoms with Crippen molar-refractivity contribution < 1.29 is 9.47 Å². The summed E-state index contributed by atoms with van der Waals surface area (Å²) in [6, 6.07) is 10.3. The van der Waals surface area contributed by atoms with Crippen molar-refractivity contribution in [2.24, 2.45) is 0 Å². The van der Waals surface area contributed by atoms with E-state index in [2.05, 4.69) is 24.0 Å². The number of rotatable bonds is 5. The summed E-state index contributed by atoms with van der Waals surface area (Å²) in [6.45, 7) is 9.25. The summed E-state index contributed by atoms with van der Waals surface area (Å²) in [4.78, 5) is 0. The van der Waals surface area contributed by atoms with E-state index in [4.69, 9.17) is 9.47 Å². The molecule has 0 aliphatic carbocycles. The molecule has 0 unspecified atom stereocenters. The Balaban J connectivity index is 1.81. The highest BCUT2D eigenvalue weighted by Gasteiger charge is 2.39. The first kappa shape index (κ1) is 13.3. The molecule has 1 fully saturated rings. The summed E-state index contributed by atoms with van der Waals surface area (Å²) in [5, 5.41) is 3.39. The number of nitrogens with one attached hydrogen (secondary N) is 1. The largest absolute Gasteiger partial charge is 0.343 e. The van der Waals surface area contributed by atoms with Crippen LogP contribution in [0.3, 0.4) is 0 Å². The van der Waals surface area contributed by atoms with Crippen molar-refractivity contribution in [1.29, 1.82) is 0 Å². The van der Waals surface area contributed by atoms with Crippen LogP contribution in [-0.4, -0.2) is 24.5 Å². The van der Waals surface area contributed by atoms with Crippen LogP contribution in [0.1, 0.15) is 19.4 Å². The van der Waals surface area contributed by atoms with Crippen LogP contribution in [0.5, 0.6) is 0 Å². The molecule has 2 atom stereocenters. The second-order valence-electron chi connectivity index (χ2n) is 4.99. The Labute approximate surface area is 109 Å². The lowest BCUT2D eigenvalue weighted by Gasteiger charge is -2.17. The zero-order valence-electron chi connectivity index (χ0n) is 11.1. The van der Waals surface area contributed by atoms with Crippen LogP contribution >= 0.6 is 0 Å². The van der Waals surface area contributed by atoms with Crippen LogP contribution in [0.15, 0.2) is 43.0 Å². The maximum atomic E-state index is 5.83. The molecule has 1 heterocycles. The molecule has 0 radical (unpaired) electrons. The van der Waals surface area contributed by atoms with Crippen molar-refractivity contribution in [3.63, 3.8) is 0 Å². The Bertz CT molecular complexity index is 389. The topological polar surface area (TPSA) is 30.5 Å². The van der Waals surface area contributed by atoms with Gasteiger partial charge in [-0.15, -0.1) is 6.58 Å². The van der Waals surface area contributed by atoms with Gasteiger partial charge in [0.05, 0.1) is 0 Å². The summed E-state index contributed by atoms with van der Waals surface area (Å²) in [6.07, 6.45) is 1.80. The quantitative estimate of drug-likeness (QED) is 0.811. The van der Waals surface area contributed by atoms with E-state index < -0.39 is 5.79 Å². The van der Waals surface area contributed by atoms with Gasteiger partial charge in [0.25, 0.3) is 0 Å². The third-order valence-corrected chi connectivity index (χ3v) is 2.97. The van der Waals surface area contributed by atoms with E-state index in [0.29, 0.717) is 0 Å². The maximum absolute atomic E-state index is 5.83. The summed E-state index contributed by atoms with van der Waals surface area (Å²) >= 11 is 0. The van der Waals surface area contributed by atoms with Crippen LogP contribution in [-0.2, 0) is 16.0 Å². The molecule has 0 aromatic heterocycles. The molecular formula is C15H21NO2. The lowest BCUT2D eigenvalue weighted by Crippen LogP contribution is -2.33. The van der Waals surface area contributed by atoms with Crippen molar-refractivity contribution in [2.75, 3.05) is 6.54 Å². The smallest absolute Gasteiger partial charge is 0.164 e. The van der Waals surface area contributed by atoms with Crippen LogP contribution in [0.2, 0.25) is 0 Å². The van der Waals surface area contributed by atoms with Crippen molar-refractivity contribution in [3.05, 3.63) is 48.6 Å². The van der Waals surface area contributed by atoms with Crippen LogP contribution in [0, 0.1) is 0 Å². The first-order valence-corrected chi connectivity index (χ1v) is 6.33. The average molecular weight is 247 g/mol. The summed E-state index contributed by atoms with van der Waals surface area (Å²) in [5.74, 6) is -0.516. The van der Waals surface area contributed by atoms with E-state index in [1.54, 1.807) is 0 Å². The van der Waals surface area contributed by atoms with Gasteiger partial charge in [-0.3, -0.25) is 0 Å². The van der Waals surface area contributed by atoms with E-state index in [9.17, 15) is 0 Å². The van der Waals surface area contributed by atoms with E-state index in [-0.39, 0.29) is 12.2 Å². The van der Waals surface area contributed by atoms with E-state index >= 15 is 0 Å².